The summed E-state index contributed by atoms with van der Waals surface area (Å²) in [5.41, 5.74) is 1.03. The Labute approximate surface area is 132 Å². The Morgan fingerprint density at radius 2 is 2.05 bits per heavy atom. The van der Waals surface area contributed by atoms with Crippen LogP contribution in [0.25, 0.3) is 0 Å². The highest BCUT2D eigenvalue weighted by atomic mass is 35.5. The first kappa shape index (κ1) is 18.0. The van der Waals surface area contributed by atoms with E-state index < -0.39 is 0 Å². The highest BCUT2D eigenvalue weighted by molar-refractivity contribution is 6.31. The van der Waals surface area contributed by atoms with Crippen LogP contribution in [0.4, 0.5) is 0 Å². The second-order valence-corrected chi connectivity index (χ2v) is 6.04. The Morgan fingerprint density at radius 3 is 2.57 bits per heavy atom. The second-order valence-electron chi connectivity index (χ2n) is 5.60. The summed E-state index contributed by atoms with van der Waals surface area (Å²) in [7, 11) is 0. The van der Waals surface area contributed by atoms with Crippen LogP contribution >= 0.6 is 11.6 Å². The third-order valence-electron chi connectivity index (χ3n) is 3.92. The van der Waals surface area contributed by atoms with Gasteiger partial charge in [0.05, 0.1) is 5.56 Å². The number of hydrogen-bond donors (Lipinski definition) is 1. The molecule has 0 aliphatic heterocycles. The van der Waals surface area contributed by atoms with Crippen LogP contribution in [0.1, 0.15) is 62.9 Å². The molecule has 0 bridgehead atoms. The number of ketones is 1. The largest absolute Gasteiger partial charge is 0.507 e. The molecule has 0 aliphatic carbocycles. The predicted molar refractivity (Wildman–Crippen MR) is 88.2 cm³/mol. The van der Waals surface area contributed by atoms with Crippen molar-refractivity contribution < 1.29 is 9.90 Å². The van der Waals surface area contributed by atoms with Gasteiger partial charge in [-0.3, -0.25) is 9.69 Å². The topological polar surface area (TPSA) is 40.5 Å². The minimum Gasteiger partial charge on any atom is -0.507 e. The lowest BCUT2D eigenvalue weighted by atomic mass is 10.0. The van der Waals surface area contributed by atoms with Crippen molar-refractivity contribution in [1.82, 2.24) is 4.90 Å². The Morgan fingerprint density at radius 1 is 1.38 bits per heavy atom. The average molecular weight is 312 g/mol. The Hall–Kier alpha value is -1.06. The van der Waals surface area contributed by atoms with E-state index in [4.69, 9.17) is 11.6 Å². The van der Waals surface area contributed by atoms with Crippen LogP contribution in [0.2, 0.25) is 5.02 Å². The molecule has 118 valence electrons. The van der Waals surface area contributed by atoms with E-state index in [9.17, 15) is 9.90 Å². The summed E-state index contributed by atoms with van der Waals surface area (Å²) in [6.07, 6.45) is 3.29. The molecule has 1 unspecified atom stereocenters. The standard InChI is InChI=1S/C17H26ClNO2/c1-5-7-8-19(12(3)6-2)11-14-9-15(18)10-16(13(4)20)17(14)21/h9-10,12,21H,5-8,11H2,1-4H3. The van der Waals surface area contributed by atoms with Gasteiger partial charge in [0.15, 0.2) is 5.78 Å². The number of carbonyl (C=O) groups is 1. The van der Waals surface area contributed by atoms with Crippen LogP contribution in [0.3, 0.4) is 0 Å². The quantitative estimate of drug-likeness (QED) is 0.710. The van der Waals surface area contributed by atoms with Crippen molar-refractivity contribution in [1.29, 1.82) is 0 Å². The van der Waals surface area contributed by atoms with Gasteiger partial charge in [0.25, 0.3) is 0 Å². The summed E-state index contributed by atoms with van der Waals surface area (Å²) in [5.74, 6) is -0.100. The van der Waals surface area contributed by atoms with Crippen molar-refractivity contribution in [2.45, 2.75) is 59.5 Å². The van der Waals surface area contributed by atoms with Crippen LogP contribution in [0, 0.1) is 0 Å². The van der Waals surface area contributed by atoms with E-state index in [0.29, 0.717) is 23.2 Å². The average Bonchev–Trinajstić information content (AvgIpc) is 2.45. The highest BCUT2D eigenvalue weighted by Gasteiger charge is 2.18. The molecule has 1 N–H and O–H groups in total. The van der Waals surface area contributed by atoms with Crippen molar-refractivity contribution in [2.24, 2.45) is 0 Å². The number of carbonyl (C=O) groups excluding carboxylic acids is 1. The zero-order valence-electron chi connectivity index (χ0n) is 13.4. The number of hydrogen-bond acceptors (Lipinski definition) is 3. The van der Waals surface area contributed by atoms with E-state index in [1.54, 1.807) is 6.07 Å². The van der Waals surface area contributed by atoms with Gasteiger partial charge in [0, 0.05) is 23.2 Å². The van der Waals surface area contributed by atoms with E-state index in [1.807, 2.05) is 0 Å². The first-order valence-corrected chi connectivity index (χ1v) is 8.04. The van der Waals surface area contributed by atoms with E-state index >= 15 is 0 Å². The normalized spacial score (nSPS) is 12.7. The molecule has 1 aromatic carbocycles. The monoisotopic (exact) mass is 311 g/mol. The van der Waals surface area contributed by atoms with Crippen molar-refractivity contribution >= 4 is 17.4 Å². The highest BCUT2D eigenvalue weighted by Crippen LogP contribution is 2.29. The summed E-state index contributed by atoms with van der Waals surface area (Å²) in [6.45, 7) is 9.54. The molecule has 0 saturated carbocycles. The molecule has 0 aliphatic rings. The van der Waals surface area contributed by atoms with Crippen molar-refractivity contribution in [3.63, 3.8) is 0 Å². The maximum Gasteiger partial charge on any atom is 0.163 e. The van der Waals surface area contributed by atoms with Crippen molar-refractivity contribution in [2.75, 3.05) is 6.54 Å². The summed E-state index contributed by atoms with van der Waals surface area (Å²) in [4.78, 5) is 13.9. The van der Waals surface area contributed by atoms with Gasteiger partial charge in [-0.2, -0.15) is 0 Å². The van der Waals surface area contributed by atoms with Gasteiger partial charge in [-0.05, 0) is 45.4 Å². The number of nitrogens with zero attached hydrogens (tertiary/aromatic N) is 1. The Kier molecular flexibility index (Phi) is 7.20. The molecule has 1 rings (SSSR count). The van der Waals surface area contributed by atoms with E-state index in [-0.39, 0.29) is 11.5 Å². The molecule has 0 fully saturated rings. The number of Topliss-reactive ketones (excluding diaryl/α,β-unsaturated/α-hetero) is 1. The first-order chi connectivity index (χ1) is 9.90. The number of aromatic hydroxyl groups is 1. The summed E-state index contributed by atoms with van der Waals surface area (Å²) in [5, 5.41) is 10.8. The van der Waals surface area contributed by atoms with Crippen molar-refractivity contribution in [3.8, 4) is 5.75 Å². The van der Waals surface area contributed by atoms with Gasteiger partial charge in [-0.25, -0.2) is 0 Å². The minimum atomic E-state index is -0.167. The summed E-state index contributed by atoms with van der Waals surface area (Å²) in [6, 6.07) is 3.71. The molecule has 0 amide bonds. The SMILES string of the molecule is CCCCN(Cc1cc(Cl)cc(C(C)=O)c1O)C(C)CC. The lowest BCUT2D eigenvalue weighted by molar-refractivity contribution is 0.101. The Bertz CT molecular complexity index is 488. The van der Waals surface area contributed by atoms with Crippen LogP contribution in [0.5, 0.6) is 5.75 Å². The molecule has 0 radical (unpaired) electrons. The zero-order valence-corrected chi connectivity index (χ0v) is 14.2. The fourth-order valence-corrected chi connectivity index (χ4v) is 2.58. The molecule has 21 heavy (non-hydrogen) atoms. The fourth-order valence-electron chi connectivity index (χ4n) is 2.34. The second kappa shape index (κ2) is 8.40. The number of rotatable bonds is 8. The molecule has 0 aromatic heterocycles. The molecule has 1 aromatic rings. The number of halogens is 1. The molecular formula is C17H26ClNO2. The molecular weight excluding hydrogens is 286 g/mol. The Balaban J connectivity index is 3.05. The van der Waals surface area contributed by atoms with Crippen LogP contribution in [-0.2, 0) is 6.54 Å². The molecule has 4 heteroatoms. The number of phenols is 1. The summed E-state index contributed by atoms with van der Waals surface area (Å²) < 4.78 is 0. The molecule has 0 heterocycles. The van der Waals surface area contributed by atoms with Gasteiger partial charge >= 0.3 is 0 Å². The lowest BCUT2D eigenvalue weighted by Crippen LogP contribution is -2.33. The minimum absolute atomic E-state index is 0.0664. The van der Waals surface area contributed by atoms with Gasteiger partial charge in [-0.15, -0.1) is 0 Å². The number of phenolic OH excluding ortho intramolecular Hbond substituents is 1. The molecule has 0 spiro atoms. The fraction of sp³-hybridized carbons (Fsp3) is 0.588. The van der Waals surface area contributed by atoms with Gasteiger partial charge in [0.1, 0.15) is 5.75 Å². The molecule has 3 nitrogen and oxygen atoms in total. The third-order valence-corrected chi connectivity index (χ3v) is 4.14. The van der Waals surface area contributed by atoms with Crippen LogP contribution < -0.4 is 0 Å². The summed E-state index contributed by atoms with van der Waals surface area (Å²) >= 11 is 6.09. The van der Waals surface area contributed by atoms with Gasteiger partial charge in [-0.1, -0.05) is 31.9 Å². The van der Waals surface area contributed by atoms with Crippen LogP contribution in [0.15, 0.2) is 12.1 Å². The van der Waals surface area contributed by atoms with Gasteiger partial charge < -0.3 is 5.11 Å². The molecule has 1 atom stereocenters. The van der Waals surface area contributed by atoms with E-state index in [1.165, 1.54) is 13.0 Å². The third kappa shape index (κ3) is 5.01. The maximum atomic E-state index is 11.6. The number of benzene rings is 1. The molecule has 0 saturated heterocycles. The zero-order chi connectivity index (χ0) is 16.0. The smallest absolute Gasteiger partial charge is 0.163 e. The van der Waals surface area contributed by atoms with E-state index in [0.717, 1.165) is 31.4 Å². The lowest BCUT2D eigenvalue weighted by Gasteiger charge is -2.29. The van der Waals surface area contributed by atoms with E-state index in [2.05, 4.69) is 25.7 Å². The van der Waals surface area contributed by atoms with Crippen molar-refractivity contribution in [3.05, 3.63) is 28.3 Å². The first-order valence-electron chi connectivity index (χ1n) is 7.67. The predicted octanol–water partition coefficient (Wildman–Crippen LogP) is 4.65. The maximum absolute atomic E-state index is 11.6. The number of unbranched alkanes of at least 4 members (excludes halogenated alkanes) is 1. The van der Waals surface area contributed by atoms with Gasteiger partial charge in [0.2, 0.25) is 0 Å². The van der Waals surface area contributed by atoms with Crippen LogP contribution in [-0.4, -0.2) is 28.4 Å².